The Balaban J connectivity index is 1.25. The molecule has 9 heteroatoms. The highest BCUT2D eigenvalue weighted by Gasteiger charge is 2.30. The van der Waals surface area contributed by atoms with Gasteiger partial charge in [-0.05, 0) is 66.9 Å². The Kier molecular flexibility index (Phi) is 8.59. The summed E-state index contributed by atoms with van der Waals surface area (Å²) in [6, 6.07) is 26.4. The van der Waals surface area contributed by atoms with E-state index in [9.17, 15) is 19.1 Å². The molecule has 0 bridgehead atoms. The summed E-state index contributed by atoms with van der Waals surface area (Å²) in [6.07, 6.45) is 3.71. The van der Waals surface area contributed by atoms with Gasteiger partial charge in [-0.3, -0.25) is 14.6 Å². The van der Waals surface area contributed by atoms with Crippen LogP contribution in [0.15, 0.2) is 97.2 Å². The number of pyridine rings is 1. The van der Waals surface area contributed by atoms with E-state index in [1.54, 1.807) is 41.4 Å². The van der Waals surface area contributed by atoms with E-state index >= 15 is 0 Å². The number of fused-ring (bicyclic) bond motifs is 1. The van der Waals surface area contributed by atoms with Crippen LogP contribution in [0, 0.1) is 5.82 Å². The molecule has 0 radical (unpaired) electrons. The molecule has 0 spiro atoms. The molecule has 8 nitrogen and oxygen atoms in total. The van der Waals surface area contributed by atoms with Gasteiger partial charge in [-0.25, -0.2) is 4.39 Å². The first-order valence-electron chi connectivity index (χ1n) is 15.0. The summed E-state index contributed by atoms with van der Waals surface area (Å²) < 4.78 is 13.7. The lowest BCUT2D eigenvalue weighted by atomic mass is 9.92. The number of nitrogens with zero attached hydrogens (tertiary/aromatic N) is 2. The van der Waals surface area contributed by atoms with Gasteiger partial charge >= 0.3 is 0 Å². The minimum Gasteiger partial charge on any atom is -0.507 e. The molecule has 3 heterocycles. The average Bonchev–Trinajstić information content (AvgIpc) is 3.42. The number of H-pyrrole nitrogens is 1. The van der Waals surface area contributed by atoms with Crippen LogP contribution in [0.5, 0.6) is 5.75 Å². The first-order chi connectivity index (χ1) is 21.9. The van der Waals surface area contributed by atoms with E-state index in [2.05, 4.69) is 20.6 Å². The van der Waals surface area contributed by atoms with Gasteiger partial charge in [0, 0.05) is 61.3 Å². The first kappa shape index (κ1) is 29.6. The van der Waals surface area contributed by atoms with Crippen molar-refractivity contribution in [3.63, 3.8) is 0 Å². The van der Waals surface area contributed by atoms with Crippen molar-refractivity contribution in [2.75, 3.05) is 25.5 Å². The highest BCUT2D eigenvalue weighted by molar-refractivity contribution is 6.06. The summed E-state index contributed by atoms with van der Waals surface area (Å²) >= 11 is 0. The lowest BCUT2D eigenvalue weighted by Gasteiger charge is -2.23. The summed E-state index contributed by atoms with van der Waals surface area (Å²) in [5.41, 5.74) is 6.81. The third kappa shape index (κ3) is 6.57. The van der Waals surface area contributed by atoms with Gasteiger partial charge in [0.05, 0.1) is 22.5 Å². The molecule has 0 aliphatic carbocycles. The Morgan fingerprint density at radius 3 is 2.58 bits per heavy atom. The highest BCUT2D eigenvalue weighted by atomic mass is 19.1. The van der Waals surface area contributed by atoms with Crippen LogP contribution < -0.4 is 10.6 Å². The molecule has 0 saturated carbocycles. The van der Waals surface area contributed by atoms with Crippen LogP contribution in [0.3, 0.4) is 0 Å². The second-order valence-corrected chi connectivity index (χ2v) is 11.2. The van der Waals surface area contributed by atoms with Crippen LogP contribution in [0.2, 0.25) is 0 Å². The van der Waals surface area contributed by atoms with Crippen molar-refractivity contribution in [3.05, 3.63) is 131 Å². The Hall–Kier alpha value is -5.44. The lowest BCUT2D eigenvalue weighted by molar-refractivity contribution is 0.0781. The van der Waals surface area contributed by atoms with E-state index in [0.29, 0.717) is 31.5 Å². The largest absolute Gasteiger partial charge is 0.507 e. The smallest absolute Gasteiger partial charge is 0.257 e. The number of aromatic amines is 1. The van der Waals surface area contributed by atoms with Gasteiger partial charge in [-0.2, -0.15) is 0 Å². The molecule has 0 unspecified atom stereocenters. The van der Waals surface area contributed by atoms with E-state index in [0.717, 1.165) is 46.0 Å². The van der Waals surface area contributed by atoms with E-state index in [1.165, 1.54) is 18.2 Å². The van der Waals surface area contributed by atoms with Gasteiger partial charge in [0.2, 0.25) is 0 Å². The minimum atomic E-state index is -0.380. The number of phenols is 1. The van der Waals surface area contributed by atoms with Crippen LogP contribution in [0.25, 0.3) is 11.3 Å². The normalized spacial score (nSPS) is 13.3. The molecular weight excluding hydrogens is 569 g/mol. The number of aryl methyl sites for hydroxylation is 1. The van der Waals surface area contributed by atoms with Gasteiger partial charge < -0.3 is 25.6 Å². The molecular formula is C36H34FN5O3. The fraction of sp³-hybridized carbons (Fsp3) is 0.194. The van der Waals surface area contributed by atoms with E-state index < -0.39 is 0 Å². The third-order valence-corrected chi connectivity index (χ3v) is 8.23. The predicted molar refractivity (Wildman–Crippen MR) is 172 cm³/mol. The predicted octanol–water partition coefficient (Wildman–Crippen LogP) is 6.44. The van der Waals surface area contributed by atoms with Crippen molar-refractivity contribution >= 4 is 23.2 Å². The average molecular weight is 604 g/mol. The van der Waals surface area contributed by atoms with Crippen molar-refractivity contribution in [2.45, 2.75) is 25.2 Å². The molecule has 0 saturated heterocycles. The number of halogens is 1. The van der Waals surface area contributed by atoms with Gasteiger partial charge in [0.1, 0.15) is 11.6 Å². The molecule has 4 N–H and O–H groups in total. The molecule has 1 atom stereocenters. The van der Waals surface area contributed by atoms with Gasteiger partial charge in [0.15, 0.2) is 0 Å². The Labute approximate surface area is 261 Å². The van der Waals surface area contributed by atoms with Crippen LogP contribution in [-0.4, -0.2) is 51.9 Å². The minimum absolute atomic E-state index is 0.0283. The molecule has 2 aromatic heterocycles. The zero-order chi connectivity index (χ0) is 31.3. The monoisotopic (exact) mass is 603 g/mol. The van der Waals surface area contributed by atoms with E-state index in [1.807, 2.05) is 49.5 Å². The van der Waals surface area contributed by atoms with E-state index in [-0.39, 0.29) is 34.9 Å². The van der Waals surface area contributed by atoms with Crippen molar-refractivity contribution in [2.24, 2.45) is 0 Å². The number of aromatic hydroxyl groups is 1. The number of hydrogen-bond donors (Lipinski definition) is 4. The maximum Gasteiger partial charge on any atom is 0.257 e. The fourth-order valence-corrected chi connectivity index (χ4v) is 5.75. The topological polar surface area (TPSA) is 110 Å². The number of aromatic nitrogens is 2. The van der Waals surface area contributed by atoms with E-state index in [4.69, 9.17) is 0 Å². The number of likely N-dealkylation sites (N-methyl/N-ethyl adjacent to an activating group) is 1. The van der Waals surface area contributed by atoms with Crippen molar-refractivity contribution < 1.29 is 19.1 Å². The van der Waals surface area contributed by atoms with Crippen LogP contribution in [-0.2, 0) is 12.8 Å². The number of nitrogens with one attached hydrogen (secondary N) is 3. The standard InChI is InChI=1S/C36H34FN5O3/c1-42-20-18-30-32(36(42)45)34(40-27-7-3-2-4-8-27)33(41-30)24-17-19-38-28(21-24)16-13-25(23-11-14-26(37)15-12-23)22-39-35(44)29-9-5-6-10-31(29)43/h2-12,14-15,17,19,21,25,40-41,43H,13,16,18,20,22H2,1H3,(H,39,44)/t25-/m1/s1. The number of para-hydroxylation sites is 2. The molecule has 3 aromatic carbocycles. The SMILES string of the molecule is CN1CCc2[nH]c(-c3ccnc(CC[C@H](CNC(=O)c4ccccc4O)c4ccc(F)cc4)c3)c(Nc3ccccc3)c2C1=O. The zero-order valence-electron chi connectivity index (χ0n) is 24.9. The molecule has 0 fully saturated rings. The van der Waals surface area contributed by atoms with Crippen LogP contribution >= 0.6 is 0 Å². The Morgan fingerprint density at radius 2 is 1.80 bits per heavy atom. The van der Waals surface area contributed by atoms with Crippen LogP contribution in [0.1, 0.15) is 50.0 Å². The quantitative estimate of drug-likeness (QED) is 0.147. The second-order valence-electron chi connectivity index (χ2n) is 11.2. The number of hydrogen-bond acceptors (Lipinski definition) is 5. The Bertz CT molecular complexity index is 1820. The Morgan fingerprint density at radius 1 is 1.04 bits per heavy atom. The lowest BCUT2D eigenvalue weighted by Crippen LogP contribution is -2.34. The third-order valence-electron chi connectivity index (χ3n) is 8.23. The first-order valence-corrected chi connectivity index (χ1v) is 15.0. The summed E-state index contributed by atoms with van der Waals surface area (Å²) in [6.45, 7) is 0.936. The molecule has 2 amide bonds. The molecule has 1 aliphatic heterocycles. The zero-order valence-corrected chi connectivity index (χ0v) is 24.9. The summed E-state index contributed by atoms with van der Waals surface area (Å²) in [5.74, 6) is -0.959. The summed E-state index contributed by atoms with van der Waals surface area (Å²) in [7, 11) is 1.82. The number of anilines is 2. The van der Waals surface area contributed by atoms with Crippen LogP contribution in [0.4, 0.5) is 15.8 Å². The highest BCUT2D eigenvalue weighted by Crippen LogP contribution is 2.38. The number of benzene rings is 3. The number of carbonyl (C=O) groups excluding carboxylic acids is 2. The molecule has 1 aliphatic rings. The van der Waals surface area contributed by atoms with Crippen molar-refractivity contribution in [1.82, 2.24) is 20.2 Å². The number of carbonyl (C=O) groups is 2. The second kappa shape index (κ2) is 13.1. The number of phenolic OH excluding ortho intramolecular Hbond substituents is 1. The molecule has 45 heavy (non-hydrogen) atoms. The van der Waals surface area contributed by atoms with Crippen molar-refractivity contribution in [3.8, 4) is 17.0 Å². The van der Waals surface area contributed by atoms with Gasteiger partial charge in [-0.15, -0.1) is 0 Å². The van der Waals surface area contributed by atoms with Crippen molar-refractivity contribution in [1.29, 1.82) is 0 Å². The molecule has 5 aromatic rings. The van der Waals surface area contributed by atoms with Gasteiger partial charge in [0.25, 0.3) is 11.8 Å². The maximum absolute atomic E-state index is 13.7. The maximum atomic E-state index is 13.7. The number of rotatable bonds is 10. The fourth-order valence-electron chi connectivity index (χ4n) is 5.75. The molecule has 228 valence electrons. The molecule has 6 rings (SSSR count). The number of amides is 2. The summed E-state index contributed by atoms with van der Waals surface area (Å²) in [5, 5.41) is 16.5. The summed E-state index contributed by atoms with van der Waals surface area (Å²) in [4.78, 5) is 36.0. The van der Waals surface area contributed by atoms with Gasteiger partial charge in [-0.1, -0.05) is 42.5 Å².